The highest BCUT2D eigenvalue weighted by Crippen LogP contribution is 2.39. The third-order valence-electron chi connectivity index (χ3n) is 8.43. The first-order valence-electron chi connectivity index (χ1n) is 14.1. The second-order valence-corrected chi connectivity index (χ2v) is 11.4. The van der Waals surface area contributed by atoms with Gasteiger partial charge in [0, 0.05) is 57.7 Å². The molecule has 4 rings (SSSR count). The van der Waals surface area contributed by atoms with Crippen molar-refractivity contribution >= 4 is 23.5 Å². The van der Waals surface area contributed by atoms with Crippen LogP contribution in [-0.4, -0.2) is 66.9 Å². The van der Waals surface area contributed by atoms with E-state index >= 15 is 0 Å². The average molecular weight is 631 g/mol. The molecule has 0 unspecified atom stereocenters. The minimum atomic E-state index is -5.09. The van der Waals surface area contributed by atoms with Gasteiger partial charge in [0.1, 0.15) is 5.82 Å². The van der Waals surface area contributed by atoms with Crippen molar-refractivity contribution in [2.24, 2.45) is 5.92 Å². The number of amides is 4. The third kappa shape index (κ3) is 7.44. The van der Waals surface area contributed by atoms with Gasteiger partial charge in [0.15, 0.2) is 0 Å². The summed E-state index contributed by atoms with van der Waals surface area (Å²) in [4.78, 5) is 42.0. The van der Waals surface area contributed by atoms with Gasteiger partial charge in [-0.15, -0.1) is 0 Å². The van der Waals surface area contributed by atoms with Crippen LogP contribution >= 0.6 is 0 Å². The van der Waals surface area contributed by atoms with E-state index in [-0.39, 0.29) is 42.9 Å². The molecule has 2 atom stereocenters. The number of anilines is 1. The molecule has 2 aliphatic rings. The molecule has 1 saturated carbocycles. The second kappa shape index (κ2) is 12.6. The summed E-state index contributed by atoms with van der Waals surface area (Å²) in [6.07, 6.45) is -7.86. The fourth-order valence-electron chi connectivity index (χ4n) is 6.05. The highest BCUT2D eigenvalue weighted by molar-refractivity contribution is 5.92. The number of nitrogens with zero attached hydrogens (tertiary/aromatic N) is 3. The Bertz CT molecular complexity index is 1340. The average Bonchev–Trinajstić information content (AvgIpc) is 3.40. The van der Waals surface area contributed by atoms with Gasteiger partial charge in [-0.2, -0.15) is 26.3 Å². The molecule has 0 radical (unpaired) electrons. The van der Waals surface area contributed by atoms with Crippen LogP contribution in [0.2, 0.25) is 0 Å². The van der Waals surface area contributed by atoms with Crippen molar-refractivity contribution in [3.8, 4) is 0 Å². The van der Waals surface area contributed by atoms with Crippen LogP contribution in [-0.2, 0) is 21.9 Å². The molecule has 0 bridgehead atoms. The molecule has 44 heavy (non-hydrogen) atoms. The number of hydrogen-bond acceptors (Lipinski definition) is 3. The molecule has 1 heterocycles. The summed E-state index contributed by atoms with van der Waals surface area (Å²) in [6.45, 7) is 1.65. The molecule has 0 aromatic heterocycles. The number of carbonyl (C=O) groups excluding carboxylic acids is 3. The van der Waals surface area contributed by atoms with E-state index in [1.54, 1.807) is 4.90 Å². The monoisotopic (exact) mass is 630 g/mol. The van der Waals surface area contributed by atoms with Gasteiger partial charge in [0.2, 0.25) is 11.8 Å². The topological polar surface area (TPSA) is 73.0 Å². The van der Waals surface area contributed by atoms with Gasteiger partial charge >= 0.3 is 18.4 Å². The van der Waals surface area contributed by atoms with Crippen molar-refractivity contribution in [1.29, 1.82) is 0 Å². The van der Waals surface area contributed by atoms with Crippen LogP contribution < -0.4 is 10.2 Å². The zero-order valence-electron chi connectivity index (χ0n) is 24.3. The van der Waals surface area contributed by atoms with Gasteiger partial charge in [0.05, 0.1) is 17.2 Å². The Hall–Kier alpha value is -3.84. The Morgan fingerprint density at radius 2 is 1.39 bits per heavy atom. The summed E-state index contributed by atoms with van der Waals surface area (Å²) in [5.74, 6) is -1.63. The van der Waals surface area contributed by atoms with E-state index in [1.165, 1.54) is 43.1 Å². The van der Waals surface area contributed by atoms with Crippen molar-refractivity contribution in [3.63, 3.8) is 0 Å². The SMILES string of the molecule is CC(=O)N[C@H]1CC[C@@H](C(=O)N2C[C@@H](N(C)C(=O)N(C)c3cc(C(F)(F)F)cc(C(F)(F)F)c3)[C@H](c3ccc(F)cc3)C2)CC1. The Labute approximate surface area is 250 Å². The van der Waals surface area contributed by atoms with Gasteiger partial charge in [-0.3, -0.25) is 14.5 Å². The van der Waals surface area contributed by atoms with Crippen LogP contribution in [0, 0.1) is 11.7 Å². The predicted octanol–water partition coefficient (Wildman–Crippen LogP) is 6.04. The van der Waals surface area contributed by atoms with E-state index in [0.29, 0.717) is 48.3 Å². The van der Waals surface area contributed by atoms with Crippen molar-refractivity contribution in [2.45, 2.75) is 63.0 Å². The maximum absolute atomic E-state index is 13.7. The zero-order chi connectivity index (χ0) is 32.6. The van der Waals surface area contributed by atoms with Crippen LogP contribution in [0.5, 0.6) is 0 Å². The molecule has 1 saturated heterocycles. The first-order valence-corrected chi connectivity index (χ1v) is 14.1. The van der Waals surface area contributed by atoms with Crippen molar-refractivity contribution in [2.75, 3.05) is 32.1 Å². The Balaban J connectivity index is 1.58. The number of nitrogens with one attached hydrogen (secondary N) is 1. The van der Waals surface area contributed by atoms with Gasteiger partial charge in [0.25, 0.3) is 0 Å². The van der Waals surface area contributed by atoms with Crippen LogP contribution in [0.1, 0.15) is 55.2 Å². The number of halogens is 7. The summed E-state index contributed by atoms with van der Waals surface area (Å²) in [7, 11) is 2.44. The van der Waals surface area contributed by atoms with Gasteiger partial charge in [-0.1, -0.05) is 12.1 Å². The summed E-state index contributed by atoms with van der Waals surface area (Å²) >= 11 is 0. The minimum absolute atomic E-state index is 0.0137. The first kappa shape index (κ1) is 33.1. The molecule has 2 fully saturated rings. The fraction of sp³-hybridized carbons (Fsp3) is 0.500. The molecule has 1 N–H and O–H groups in total. The molecular weight excluding hydrogens is 597 g/mol. The van der Waals surface area contributed by atoms with Crippen molar-refractivity contribution in [1.82, 2.24) is 15.1 Å². The Kier molecular flexibility index (Phi) is 9.50. The van der Waals surface area contributed by atoms with E-state index in [4.69, 9.17) is 0 Å². The van der Waals surface area contributed by atoms with Crippen LogP contribution in [0.4, 0.5) is 41.2 Å². The molecule has 2 aromatic rings. The number of likely N-dealkylation sites (N-methyl/N-ethyl adjacent to an activating group) is 1. The molecule has 2 aromatic carbocycles. The number of alkyl halides is 6. The predicted molar refractivity (Wildman–Crippen MR) is 147 cm³/mol. The number of carbonyl (C=O) groups is 3. The summed E-state index contributed by atoms with van der Waals surface area (Å²) in [6, 6.07) is 4.80. The van der Waals surface area contributed by atoms with E-state index in [0.717, 1.165) is 7.05 Å². The lowest BCUT2D eigenvalue weighted by Crippen LogP contribution is -2.48. The molecule has 1 aliphatic heterocycles. The zero-order valence-corrected chi connectivity index (χ0v) is 24.3. The molecule has 240 valence electrons. The maximum Gasteiger partial charge on any atom is 0.416 e. The standard InChI is InChI=1S/C30H33F7N4O3/c1-17(42)38-23-10-6-19(7-11-23)27(43)41-15-25(18-4-8-22(31)9-5-18)26(16-41)40(3)28(44)39(2)24-13-20(29(32,33)34)12-21(14-24)30(35,36)37/h4-5,8-9,12-14,19,23,25-26H,6-7,10-11,15-16H2,1-3H3,(H,38,42)/t19-,23+,25-,26+/m0/s1. The minimum Gasteiger partial charge on any atom is -0.354 e. The largest absolute Gasteiger partial charge is 0.416 e. The lowest BCUT2D eigenvalue weighted by molar-refractivity contribution is -0.143. The highest BCUT2D eigenvalue weighted by Gasteiger charge is 2.43. The first-order chi connectivity index (χ1) is 20.5. The Morgan fingerprint density at radius 1 is 0.841 bits per heavy atom. The van der Waals surface area contributed by atoms with E-state index < -0.39 is 53.0 Å². The van der Waals surface area contributed by atoms with E-state index in [1.807, 2.05) is 0 Å². The smallest absolute Gasteiger partial charge is 0.354 e. The summed E-state index contributed by atoms with van der Waals surface area (Å²) < 4.78 is 94.5. The number of hydrogen-bond donors (Lipinski definition) is 1. The lowest BCUT2D eigenvalue weighted by atomic mass is 9.85. The molecule has 1 aliphatic carbocycles. The Morgan fingerprint density at radius 3 is 1.89 bits per heavy atom. The summed E-state index contributed by atoms with van der Waals surface area (Å²) in [5, 5.41) is 2.86. The molecule has 14 heteroatoms. The molecular formula is C30H33F7N4O3. The molecule has 7 nitrogen and oxygen atoms in total. The van der Waals surface area contributed by atoms with Crippen LogP contribution in [0.15, 0.2) is 42.5 Å². The molecule has 0 spiro atoms. The van der Waals surface area contributed by atoms with Crippen LogP contribution in [0.25, 0.3) is 0 Å². The summed E-state index contributed by atoms with van der Waals surface area (Å²) in [5.41, 5.74) is -3.11. The lowest BCUT2D eigenvalue weighted by Gasteiger charge is -2.33. The normalized spacial score (nSPS) is 22.5. The van der Waals surface area contributed by atoms with E-state index in [9.17, 15) is 45.1 Å². The fourth-order valence-corrected chi connectivity index (χ4v) is 6.05. The van der Waals surface area contributed by atoms with E-state index in [2.05, 4.69) is 5.32 Å². The quantitative estimate of drug-likeness (QED) is 0.410. The molecule has 4 amide bonds. The highest BCUT2D eigenvalue weighted by atomic mass is 19.4. The number of benzene rings is 2. The maximum atomic E-state index is 13.7. The van der Waals surface area contributed by atoms with Gasteiger partial charge in [-0.25, -0.2) is 9.18 Å². The number of likely N-dealkylation sites (tertiary alicyclic amines) is 1. The number of urea groups is 1. The van der Waals surface area contributed by atoms with Crippen molar-refractivity contribution in [3.05, 3.63) is 65.0 Å². The van der Waals surface area contributed by atoms with Gasteiger partial charge in [-0.05, 0) is 61.6 Å². The van der Waals surface area contributed by atoms with Crippen molar-refractivity contribution < 1.29 is 45.1 Å². The second-order valence-electron chi connectivity index (χ2n) is 11.4. The van der Waals surface area contributed by atoms with Crippen LogP contribution in [0.3, 0.4) is 0 Å². The van der Waals surface area contributed by atoms with Gasteiger partial charge < -0.3 is 15.1 Å². The number of rotatable bonds is 5. The third-order valence-corrected chi connectivity index (χ3v) is 8.43.